The summed E-state index contributed by atoms with van der Waals surface area (Å²) < 4.78 is 0. The van der Waals surface area contributed by atoms with Crippen LogP contribution in [-0.4, -0.2) is 17.4 Å². The fourth-order valence-corrected chi connectivity index (χ4v) is 2.87. The van der Waals surface area contributed by atoms with Crippen LogP contribution in [0.2, 0.25) is 5.02 Å². The van der Waals surface area contributed by atoms with Crippen molar-refractivity contribution in [3.63, 3.8) is 0 Å². The van der Waals surface area contributed by atoms with Crippen molar-refractivity contribution in [3.05, 3.63) is 65.3 Å². The second-order valence-corrected chi connectivity index (χ2v) is 6.07. The number of hydrogen-bond donors (Lipinski definition) is 1. The number of carbonyl (C=O) groups is 1. The average Bonchev–Trinajstić information content (AvgIpc) is 2.61. The van der Waals surface area contributed by atoms with Gasteiger partial charge in [0.25, 0.3) is 5.91 Å². The Kier molecular flexibility index (Phi) is 5.11. The van der Waals surface area contributed by atoms with Gasteiger partial charge in [-0.2, -0.15) is 0 Å². The molecule has 3 nitrogen and oxygen atoms in total. The number of pyridine rings is 1. The molecule has 0 unspecified atom stereocenters. The summed E-state index contributed by atoms with van der Waals surface area (Å²) >= 11 is 6.35. The lowest BCUT2D eigenvalue weighted by molar-refractivity contribution is 0.0948. The molecule has 1 heterocycles. The number of carbonyl (C=O) groups excluding carboxylic acids is 1. The van der Waals surface area contributed by atoms with Crippen molar-refractivity contribution >= 4 is 28.3 Å². The standard InChI is InChI=1S/C20H19ClN2O/c1-2-3-12-22-20(24)18-13-14-8-4-5-9-15(14)19(23-18)16-10-6-7-11-17(16)21/h4-11,13H,2-3,12H2,1H3,(H,22,24). The van der Waals surface area contributed by atoms with Crippen LogP contribution < -0.4 is 5.32 Å². The lowest BCUT2D eigenvalue weighted by Gasteiger charge is -2.11. The molecular formula is C20H19ClN2O. The first kappa shape index (κ1) is 16.5. The molecular weight excluding hydrogens is 320 g/mol. The first-order valence-electron chi connectivity index (χ1n) is 8.13. The third-order valence-electron chi connectivity index (χ3n) is 3.92. The van der Waals surface area contributed by atoms with Gasteiger partial charge < -0.3 is 5.32 Å². The van der Waals surface area contributed by atoms with Crippen LogP contribution >= 0.6 is 11.6 Å². The maximum Gasteiger partial charge on any atom is 0.269 e. The minimum absolute atomic E-state index is 0.150. The van der Waals surface area contributed by atoms with Gasteiger partial charge in [-0.05, 0) is 23.9 Å². The maximum absolute atomic E-state index is 12.4. The second kappa shape index (κ2) is 7.45. The summed E-state index contributed by atoms with van der Waals surface area (Å²) in [6.45, 7) is 2.75. The Morgan fingerprint density at radius 2 is 1.88 bits per heavy atom. The Labute approximate surface area is 146 Å². The smallest absolute Gasteiger partial charge is 0.269 e. The van der Waals surface area contributed by atoms with Gasteiger partial charge in [0.2, 0.25) is 0 Å². The van der Waals surface area contributed by atoms with Gasteiger partial charge in [0, 0.05) is 22.5 Å². The van der Waals surface area contributed by atoms with Crippen molar-refractivity contribution in [2.45, 2.75) is 19.8 Å². The summed E-state index contributed by atoms with van der Waals surface area (Å²) in [5, 5.41) is 5.50. The van der Waals surface area contributed by atoms with E-state index in [9.17, 15) is 4.79 Å². The van der Waals surface area contributed by atoms with E-state index in [4.69, 9.17) is 11.6 Å². The number of halogens is 1. The van der Waals surface area contributed by atoms with E-state index in [1.54, 1.807) is 0 Å². The zero-order valence-corrected chi connectivity index (χ0v) is 14.3. The van der Waals surface area contributed by atoms with E-state index >= 15 is 0 Å². The lowest BCUT2D eigenvalue weighted by Crippen LogP contribution is -2.25. The fourth-order valence-electron chi connectivity index (χ4n) is 2.64. The number of benzene rings is 2. The van der Waals surface area contributed by atoms with E-state index in [1.807, 2.05) is 54.6 Å². The van der Waals surface area contributed by atoms with E-state index in [2.05, 4.69) is 17.2 Å². The molecule has 0 aliphatic rings. The molecule has 2 aromatic carbocycles. The number of rotatable bonds is 5. The average molecular weight is 339 g/mol. The third kappa shape index (κ3) is 3.41. The van der Waals surface area contributed by atoms with Crippen LogP contribution in [0, 0.1) is 0 Å². The largest absolute Gasteiger partial charge is 0.351 e. The quantitative estimate of drug-likeness (QED) is 0.659. The zero-order valence-electron chi connectivity index (χ0n) is 13.6. The molecule has 0 atom stereocenters. The first-order valence-corrected chi connectivity index (χ1v) is 8.51. The summed E-state index contributed by atoms with van der Waals surface area (Å²) in [6.07, 6.45) is 1.99. The number of amides is 1. The normalized spacial score (nSPS) is 10.8. The summed E-state index contributed by atoms with van der Waals surface area (Å²) in [5.41, 5.74) is 1.98. The number of fused-ring (bicyclic) bond motifs is 1. The van der Waals surface area contributed by atoms with Gasteiger partial charge in [0.15, 0.2) is 0 Å². The van der Waals surface area contributed by atoms with Gasteiger partial charge in [-0.3, -0.25) is 4.79 Å². The van der Waals surface area contributed by atoms with Gasteiger partial charge >= 0.3 is 0 Å². The van der Waals surface area contributed by atoms with Crippen molar-refractivity contribution in [1.29, 1.82) is 0 Å². The van der Waals surface area contributed by atoms with Crippen molar-refractivity contribution in [3.8, 4) is 11.3 Å². The van der Waals surface area contributed by atoms with E-state index < -0.39 is 0 Å². The summed E-state index contributed by atoms with van der Waals surface area (Å²) in [6, 6.07) is 17.3. The predicted molar refractivity (Wildman–Crippen MR) is 99.4 cm³/mol. The Hall–Kier alpha value is -2.39. The van der Waals surface area contributed by atoms with Crippen LogP contribution in [-0.2, 0) is 0 Å². The summed E-state index contributed by atoms with van der Waals surface area (Å²) in [5.74, 6) is -0.150. The Bertz CT molecular complexity index is 876. The monoisotopic (exact) mass is 338 g/mol. The fraction of sp³-hybridized carbons (Fsp3) is 0.200. The highest BCUT2D eigenvalue weighted by Crippen LogP contribution is 2.32. The third-order valence-corrected chi connectivity index (χ3v) is 4.25. The number of hydrogen-bond acceptors (Lipinski definition) is 2. The highest BCUT2D eigenvalue weighted by Gasteiger charge is 2.14. The molecule has 1 N–H and O–H groups in total. The molecule has 0 saturated heterocycles. The van der Waals surface area contributed by atoms with Crippen LogP contribution in [0.5, 0.6) is 0 Å². The van der Waals surface area contributed by atoms with E-state index in [1.165, 1.54) is 0 Å². The molecule has 1 amide bonds. The van der Waals surface area contributed by atoms with E-state index in [0.717, 1.165) is 34.9 Å². The van der Waals surface area contributed by atoms with Gasteiger partial charge in [-0.1, -0.05) is 67.4 Å². The molecule has 122 valence electrons. The Morgan fingerprint density at radius 1 is 1.12 bits per heavy atom. The Balaban J connectivity index is 2.10. The van der Waals surface area contributed by atoms with Crippen LogP contribution in [0.3, 0.4) is 0 Å². The van der Waals surface area contributed by atoms with Crippen LogP contribution in [0.4, 0.5) is 0 Å². The van der Waals surface area contributed by atoms with Gasteiger partial charge in [-0.15, -0.1) is 0 Å². The van der Waals surface area contributed by atoms with Crippen molar-refractivity contribution in [2.24, 2.45) is 0 Å². The Morgan fingerprint density at radius 3 is 2.67 bits per heavy atom. The highest BCUT2D eigenvalue weighted by molar-refractivity contribution is 6.33. The number of nitrogens with zero attached hydrogens (tertiary/aromatic N) is 1. The zero-order chi connectivity index (χ0) is 16.9. The van der Waals surface area contributed by atoms with Crippen LogP contribution in [0.1, 0.15) is 30.3 Å². The molecule has 0 bridgehead atoms. The molecule has 3 rings (SSSR count). The molecule has 0 saturated carbocycles. The van der Waals surface area contributed by atoms with Gasteiger partial charge in [-0.25, -0.2) is 4.98 Å². The number of unbranched alkanes of at least 4 members (excludes halogenated alkanes) is 1. The molecule has 24 heavy (non-hydrogen) atoms. The second-order valence-electron chi connectivity index (χ2n) is 5.67. The molecule has 1 aromatic heterocycles. The minimum atomic E-state index is -0.150. The van der Waals surface area contributed by atoms with Gasteiger partial charge in [0.05, 0.1) is 5.69 Å². The first-order chi connectivity index (χ1) is 11.7. The molecule has 0 fully saturated rings. The molecule has 0 radical (unpaired) electrons. The van der Waals surface area contributed by atoms with E-state index in [-0.39, 0.29) is 5.91 Å². The van der Waals surface area contributed by atoms with Crippen LogP contribution in [0.25, 0.3) is 22.0 Å². The van der Waals surface area contributed by atoms with Crippen molar-refractivity contribution in [2.75, 3.05) is 6.54 Å². The lowest BCUT2D eigenvalue weighted by atomic mass is 10.0. The maximum atomic E-state index is 12.4. The number of nitrogens with one attached hydrogen (secondary N) is 1. The summed E-state index contributed by atoms with van der Waals surface area (Å²) in [7, 11) is 0. The molecule has 3 aromatic rings. The number of aromatic nitrogens is 1. The molecule has 4 heteroatoms. The highest BCUT2D eigenvalue weighted by atomic mass is 35.5. The minimum Gasteiger partial charge on any atom is -0.351 e. The predicted octanol–water partition coefficient (Wildman–Crippen LogP) is 5.09. The SMILES string of the molecule is CCCCNC(=O)c1cc2ccccc2c(-c2ccccc2Cl)n1. The van der Waals surface area contributed by atoms with Crippen LogP contribution in [0.15, 0.2) is 54.6 Å². The van der Waals surface area contributed by atoms with Gasteiger partial charge in [0.1, 0.15) is 5.69 Å². The molecule has 0 spiro atoms. The summed E-state index contributed by atoms with van der Waals surface area (Å²) in [4.78, 5) is 17.0. The van der Waals surface area contributed by atoms with E-state index in [0.29, 0.717) is 17.3 Å². The van der Waals surface area contributed by atoms with Crippen molar-refractivity contribution < 1.29 is 4.79 Å². The molecule has 0 aliphatic heterocycles. The topological polar surface area (TPSA) is 42.0 Å². The van der Waals surface area contributed by atoms with Crippen molar-refractivity contribution in [1.82, 2.24) is 10.3 Å². The molecule has 0 aliphatic carbocycles.